The number of hydrogen-bond acceptors (Lipinski definition) is 3. The Kier molecular flexibility index (Phi) is 5.78. The van der Waals surface area contributed by atoms with Gasteiger partial charge in [-0.15, -0.1) is 0 Å². The Balaban J connectivity index is 2.22. The zero-order chi connectivity index (χ0) is 13.6. The fraction of sp³-hybridized carbons (Fsp3) is 0.538. The fourth-order valence-electron chi connectivity index (χ4n) is 1.74. The first-order chi connectivity index (χ1) is 8.38. The molecule has 0 spiro atoms. The quantitative estimate of drug-likeness (QED) is 0.735. The Morgan fingerprint density at radius 1 is 1.17 bits per heavy atom. The summed E-state index contributed by atoms with van der Waals surface area (Å²) in [5, 5.41) is 3.31. The fourth-order valence-corrected chi connectivity index (χ4v) is 2.25. The van der Waals surface area contributed by atoms with E-state index >= 15 is 0 Å². The van der Waals surface area contributed by atoms with Crippen molar-refractivity contribution in [2.75, 3.05) is 19.3 Å². The van der Waals surface area contributed by atoms with Crippen molar-refractivity contribution in [3.63, 3.8) is 0 Å². The second kappa shape index (κ2) is 6.87. The monoisotopic (exact) mass is 270 g/mol. The molecule has 0 atom stereocenters. The van der Waals surface area contributed by atoms with E-state index in [4.69, 9.17) is 0 Å². The highest BCUT2D eigenvalue weighted by molar-refractivity contribution is 7.88. The maximum atomic E-state index is 10.8. The second-order valence-electron chi connectivity index (χ2n) is 4.63. The third kappa shape index (κ3) is 6.14. The number of nitrogens with one attached hydrogen (secondary N) is 2. The predicted octanol–water partition coefficient (Wildman–Crippen LogP) is 1.33. The molecule has 0 aliphatic rings. The van der Waals surface area contributed by atoms with Gasteiger partial charge in [0, 0.05) is 13.1 Å². The molecule has 0 saturated heterocycles. The van der Waals surface area contributed by atoms with E-state index in [0.29, 0.717) is 6.54 Å². The van der Waals surface area contributed by atoms with Crippen molar-refractivity contribution in [2.45, 2.75) is 26.8 Å². The average molecular weight is 270 g/mol. The molecule has 0 aliphatic carbocycles. The second-order valence-corrected chi connectivity index (χ2v) is 6.46. The molecular weight excluding hydrogens is 248 g/mol. The molecule has 1 rings (SSSR count). The Hall–Kier alpha value is -0.910. The Labute approximate surface area is 110 Å². The molecule has 0 heterocycles. The molecule has 0 aliphatic heterocycles. The van der Waals surface area contributed by atoms with Crippen LogP contribution in [0.25, 0.3) is 0 Å². The molecule has 0 unspecified atom stereocenters. The summed E-state index contributed by atoms with van der Waals surface area (Å²) in [7, 11) is -3.05. The van der Waals surface area contributed by atoms with Crippen LogP contribution in [0.3, 0.4) is 0 Å². The Morgan fingerprint density at radius 2 is 1.89 bits per heavy atom. The van der Waals surface area contributed by atoms with Crippen LogP contribution < -0.4 is 10.0 Å². The van der Waals surface area contributed by atoms with Gasteiger partial charge in [-0.25, -0.2) is 13.1 Å². The lowest BCUT2D eigenvalue weighted by Crippen LogP contribution is -2.26. The van der Waals surface area contributed by atoms with Crippen molar-refractivity contribution in [3.05, 3.63) is 34.9 Å². The van der Waals surface area contributed by atoms with E-state index in [1.807, 2.05) is 0 Å². The molecule has 0 saturated carbocycles. The van der Waals surface area contributed by atoms with E-state index in [1.165, 1.54) is 22.9 Å². The van der Waals surface area contributed by atoms with E-state index in [-0.39, 0.29) is 0 Å². The first-order valence-corrected chi connectivity index (χ1v) is 7.99. The molecule has 18 heavy (non-hydrogen) atoms. The summed E-state index contributed by atoms with van der Waals surface area (Å²) in [6.07, 6.45) is 1.97. The van der Waals surface area contributed by atoms with E-state index in [0.717, 1.165) is 19.5 Å². The maximum Gasteiger partial charge on any atom is 0.208 e. The maximum absolute atomic E-state index is 10.8. The number of benzene rings is 1. The highest BCUT2D eigenvalue weighted by Gasteiger charge is 2.00. The standard InChI is InChI=1S/C13H22N2O2S/c1-11-5-6-13(12(2)9-11)10-14-7-4-8-15-18(3,16)17/h5-6,9,14-15H,4,7-8,10H2,1-3H3. The predicted molar refractivity (Wildman–Crippen MR) is 75.1 cm³/mol. The Morgan fingerprint density at radius 3 is 2.50 bits per heavy atom. The normalized spacial score (nSPS) is 11.7. The third-order valence-corrected chi connectivity index (χ3v) is 3.44. The highest BCUT2D eigenvalue weighted by atomic mass is 32.2. The van der Waals surface area contributed by atoms with Crippen LogP contribution in [0.1, 0.15) is 23.1 Å². The molecule has 0 radical (unpaired) electrons. The summed E-state index contributed by atoms with van der Waals surface area (Å²) in [6.45, 7) is 6.30. The smallest absolute Gasteiger partial charge is 0.208 e. The van der Waals surface area contributed by atoms with Gasteiger partial charge in [0.15, 0.2) is 0 Å². The van der Waals surface area contributed by atoms with Gasteiger partial charge in [0.05, 0.1) is 6.26 Å². The average Bonchev–Trinajstić information content (AvgIpc) is 2.24. The molecule has 1 aromatic rings. The summed E-state index contributed by atoms with van der Waals surface area (Å²) in [5.41, 5.74) is 3.85. The lowest BCUT2D eigenvalue weighted by Gasteiger charge is -2.08. The minimum absolute atomic E-state index is 0.485. The van der Waals surface area contributed by atoms with Crippen LogP contribution >= 0.6 is 0 Å². The van der Waals surface area contributed by atoms with Crippen LogP contribution in [0.2, 0.25) is 0 Å². The SMILES string of the molecule is Cc1ccc(CNCCCNS(C)(=O)=O)c(C)c1. The van der Waals surface area contributed by atoms with Gasteiger partial charge in [0.1, 0.15) is 0 Å². The molecule has 0 aromatic heterocycles. The van der Waals surface area contributed by atoms with Crippen molar-refractivity contribution in [3.8, 4) is 0 Å². The van der Waals surface area contributed by atoms with Gasteiger partial charge in [-0.3, -0.25) is 0 Å². The van der Waals surface area contributed by atoms with Crippen LogP contribution in [-0.4, -0.2) is 27.8 Å². The molecule has 5 heteroatoms. The topological polar surface area (TPSA) is 58.2 Å². The number of aryl methyl sites for hydroxylation is 2. The zero-order valence-electron chi connectivity index (χ0n) is 11.3. The summed E-state index contributed by atoms with van der Waals surface area (Å²) in [5.74, 6) is 0. The third-order valence-electron chi connectivity index (χ3n) is 2.71. The van der Waals surface area contributed by atoms with Gasteiger partial charge in [-0.1, -0.05) is 23.8 Å². The first-order valence-electron chi connectivity index (χ1n) is 6.10. The molecule has 0 amide bonds. The summed E-state index contributed by atoms with van der Waals surface area (Å²) in [6, 6.07) is 6.41. The number of sulfonamides is 1. The van der Waals surface area contributed by atoms with Gasteiger partial charge >= 0.3 is 0 Å². The largest absolute Gasteiger partial charge is 0.313 e. The van der Waals surface area contributed by atoms with Gasteiger partial charge in [0.2, 0.25) is 10.0 Å². The number of rotatable bonds is 7. The van der Waals surface area contributed by atoms with E-state index in [1.54, 1.807) is 0 Å². The summed E-state index contributed by atoms with van der Waals surface area (Å²) < 4.78 is 24.1. The molecular formula is C13H22N2O2S. The van der Waals surface area contributed by atoms with Crippen LogP contribution in [0.15, 0.2) is 18.2 Å². The van der Waals surface area contributed by atoms with Crippen molar-refractivity contribution in [1.29, 1.82) is 0 Å². The van der Waals surface area contributed by atoms with E-state index in [9.17, 15) is 8.42 Å². The van der Waals surface area contributed by atoms with Crippen molar-refractivity contribution < 1.29 is 8.42 Å². The first kappa shape index (κ1) is 15.1. The van der Waals surface area contributed by atoms with Crippen LogP contribution in [0.5, 0.6) is 0 Å². The van der Waals surface area contributed by atoms with Crippen LogP contribution in [0.4, 0.5) is 0 Å². The van der Waals surface area contributed by atoms with Gasteiger partial charge in [-0.05, 0) is 37.9 Å². The van der Waals surface area contributed by atoms with Crippen molar-refractivity contribution >= 4 is 10.0 Å². The molecule has 1 aromatic carbocycles. The minimum atomic E-state index is -3.05. The Bertz CT molecular complexity index is 484. The lowest BCUT2D eigenvalue weighted by atomic mass is 10.1. The lowest BCUT2D eigenvalue weighted by molar-refractivity contribution is 0.579. The van der Waals surface area contributed by atoms with Crippen LogP contribution in [0, 0.1) is 13.8 Å². The minimum Gasteiger partial charge on any atom is -0.313 e. The number of hydrogen-bond donors (Lipinski definition) is 2. The van der Waals surface area contributed by atoms with Gasteiger partial charge in [0.25, 0.3) is 0 Å². The van der Waals surface area contributed by atoms with E-state index in [2.05, 4.69) is 42.1 Å². The van der Waals surface area contributed by atoms with Gasteiger partial charge < -0.3 is 5.32 Å². The molecule has 0 fully saturated rings. The zero-order valence-corrected chi connectivity index (χ0v) is 12.1. The highest BCUT2D eigenvalue weighted by Crippen LogP contribution is 2.09. The molecule has 4 nitrogen and oxygen atoms in total. The molecule has 0 bridgehead atoms. The summed E-state index contributed by atoms with van der Waals surface area (Å²) >= 11 is 0. The van der Waals surface area contributed by atoms with Crippen molar-refractivity contribution in [2.24, 2.45) is 0 Å². The summed E-state index contributed by atoms with van der Waals surface area (Å²) in [4.78, 5) is 0. The van der Waals surface area contributed by atoms with E-state index < -0.39 is 10.0 Å². The van der Waals surface area contributed by atoms with Crippen molar-refractivity contribution in [1.82, 2.24) is 10.0 Å². The van der Waals surface area contributed by atoms with Crippen LogP contribution in [-0.2, 0) is 16.6 Å². The van der Waals surface area contributed by atoms with Gasteiger partial charge in [-0.2, -0.15) is 0 Å². The molecule has 102 valence electrons. The molecule has 2 N–H and O–H groups in total.